The second-order valence-electron chi connectivity index (χ2n) is 19.6. The number of rotatable bonds is 8. The summed E-state index contributed by atoms with van der Waals surface area (Å²) in [6, 6.07) is 1.19. The van der Waals surface area contributed by atoms with Gasteiger partial charge >= 0.3 is 0 Å². The van der Waals surface area contributed by atoms with E-state index in [4.69, 9.17) is 0 Å². The molecule has 2 N–H and O–H groups in total. The first kappa shape index (κ1) is 31.5. The van der Waals surface area contributed by atoms with E-state index in [-0.39, 0.29) is 13.1 Å². The molecule has 0 aromatic carbocycles. The molecule has 11 rings (SSSR count). The van der Waals surface area contributed by atoms with E-state index in [2.05, 4.69) is 51.7 Å². The molecule has 2 aliphatic heterocycles. The third-order valence-corrected chi connectivity index (χ3v) is 23.2. The summed E-state index contributed by atoms with van der Waals surface area (Å²) in [5, 5.41) is 8.46. The summed E-state index contributed by atoms with van der Waals surface area (Å²) >= 11 is 0. The predicted octanol–water partition coefficient (Wildman–Crippen LogP) is 9.59. The molecule has 11 aliphatic rings. The molecular weight excluding hydrogens is 598 g/mol. The highest BCUT2D eigenvalue weighted by atomic mass is 31.1. The van der Waals surface area contributed by atoms with E-state index in [0.717, 1.165) is 58.7 Å². The van der Waals surface area contributed by atoms with Crippen molar-refractivity contribution in [1.82, 2.24) is 10.6 Å². The SMILES string of the molecule is C[Si](C)(C)C1C=C(CP(C2C3CC4CC(C3)CC2C4)C2C3CC4CC(C3)CC2C4)C(C(P)(C2CCCCN2)C2CCCCN2)=C1. The monoisotopic (exact) mass is 664 g/mol. The molecule has 250 valence electrons. The minimum atomic E-state index is -1.36. The first-order valence-electron chi connectivity index (χ1n) is 20.2. The molecule has 45 heavy (non-hydrogen) atoms. The molecule has 0 spiro atoms. The van der Waals surface area contributed by atoms with Gasteiger partial charge in [0.25, 0.3) is 0 Å². The minimum absolute atomic E-state index is 0.0212. The van der Waals surface area contributed by atoms with Crippen LogP contribution < -0.4 is 10.6 Å². The molecule has 2 nitrogen and oxygen atoms in total. The van der Waals surface area contributed by atoms with Crippen molar-refractivity contribution in [2.24, 2.45) is 47.3 Å². The first-order chi connectivity index (χ1) is 21.7. The fourth-order valence-electron chi connectivity index (χ4n) is 14.3. The number of allylic oxidation sites excluding steroid dienone is 3. The van der Waals surface area contributed by atoms with Crippen molar-refractivity contribution in [2.75, 3.05) is 19.3 Å². The van der Waals surface area contributed by atoms with E-state index in [1.807, 2.05) is 11.1 Å². The number of piperidine rings is 2. The molecule has 0 radical (unpaired) electrons. The summed E-state index contributed by atoms with van der Waals surface area (Å²) < 4.78 is 0. The largest absolute Gasteiger partial charge is 0.313 e. The maximum Gasteiger partial charge on any atom is 0.0558 e. The summed E-state index contributed by atoms with van der Waals surface area (Å²) in [4.78, 5) is 0. The van der Waals surface area contributed by atoms with Gasteiger partial charge < -0.3 is 10.6 Å². The molecule has 2 saturated heterocycles. The fourth-order valence-corrected chi connectivity index (χ4v) is 21.2. The van der Waals surface area contributed by atoms with Gasteiger partial charge in [-0.15, -0.1) is 9.24 Å². The Morgan fingerprint density at radius 1 is 0.667 bits per heavy atom. The molecule has 4 atom stereocenters. The van der Waals surface area contributed by atoms with Crippen molar-refractivity contribution >= 4 is 25.2 Å². The van der Waals surface area contributed by atoms with Crippen molar-refractivity contribution < 1.29 is 0 Å². The average molecular weight is 665 g/mol. The maximum absolute atomic E-state index is 4.16. The number of hydrogen-bond donors (Lipinski definition) is 2. The Kier molecular flexibility index (Phi) is 8.43. The van der Waals surface area contributed by atoms with Gasteiger partial charge in [-0.25, -0.2) is 0 Å². The average Bonchev–Trinajstić information content (AvgIpc) is 3.46. The van der Waals surface area contributed by atoms with Crippen LogP contribution in [0.25, 0.3) is 0 Å². The van der Waals surface area contributed by atoms with Crippen LogP contribution in [0.3, 0.4) is 0 Å². The molecule has 5 heteroatoms. The summed E-state index contributed by atoms with van der Waals surface area (Å²) in [7, 11) is 2.31. The van der Waals surface area contributed by atoms with Crippen LogP contribution in [0.5, 0.6) is 0 Å². The van der Waals surface area contributed by atoms with Crippen LogP contribution in [-0.2, 0) is 0 Å². The summed E-state index contributed by atoms with van der Waals surface area (Å²) in [6.07, 6.45) is 31.8. The molecule has 0 aromatic rings. The molecule has 2 heterocycles. The zero-order valence-corrected chi connectivity index (χ0v) is 32.2. The third kappa shape index (κ3) is 5.53. The molecule has 0 aromatic heterocycles. The van der Waals surface area contributed by atoms with Gasteiger partial charge in [-0.3, -0.25) is 0 Å². The molecule has 8 bridgehead atoms. The third-order valence-electron chi connectivity index (χ3n) is 15.8. The van der Waals surface area contributed by atoms with Crippen LogP contribution in [0.15, 0.2) is 23.3 Å². The summed E-state index contributed by atoms with van der Waals surface area (Å²) in [6.45, 7) is 10.4. The van der Waals surface area contributed by atoms with Gasteiger partial charge in [0.15, 0.2) is 0 Å². The fraction of sp³-hybridized carbons (Fsp3) is 0.900. The molecule has 8 saturated carbocycles. The van der Waals surface area contributed by atoms with E-state index in [1.165, 1.54) is 57.8 Å². The highest BCUT2D eigenvalue weighted by Crippen LogP contribution is 2.72. The Morgan fingerprint density at radius 2 is 1.11 bits per heavy atom. The van der Waals surface area contributed by atoms with Gasteiger partial charge in [0.2, 0.25) is 0 Å². The zero-order chi connectivity index (χ0) is 30.5. The Bertz CT molecular complexity index is 1060. The minimum Gasteiger partial charge on any atom is -0.313 e. The Morgan fingerprint density at radius 3 is 1.49 bits per heavy atom. The standard InChI is InChI=1S/C40H66N2P2Si/c1-45(2,3)34-22-33(35(23-34)40(43,36-8-4-6-10-41-36)37-9-5-7-11-42-37)24-44(38-29-14-25-12-26(16-29)17-30(38)15-25)39-31-18-27-13-28(20-31)21-32(39)19-27/h22-23,25-32,34,36-39,41-42H,4-21,24,43H2,1-3H3. The van der Waals surface area contributed by atoms with Crippen LogP contribution in [-0.4, -0.2) is 55.9 Å². The lowest BCUT2D eigenvalue weighted by atomic mass is 9.55. The van der Waals surface area contributed by atoms with Crippen molar-refractivity contribution in [1.29, 1.82) is 0 Å². The first-order valence-corrected chi connectivity index (χ1v) is 26.0. The lowest BCUT2D eigenvalue weighted by Crippen LogP contribution is -2.61. The van der Waals surface area contributed by atoms with E-state index in [9.17, 15) is 0 Å². The van der Waals surface area contributed by atoms with Gasteiger partial charge in [0, 0.05) is 17.2 Å². The Hall–Kier alpha value is 0.477. The van der Waals surface area contributed by atoms with Crippen LogP contribution in [0.4, 0.5) is 0 Å². The zero-order valence-electron chi connectivity index (χ0n) is 29.1. The van der Waals surface area contributed by atoms with Crippen molar-refractivity contribution in [3.63, 3.8) is 0 Å². The van der Waals surface area contributed by atoms with E-state index in [1.54, 1.807) is 64.2 Å². The van der Waals surface area contributed by atoms with Gasteiger partial charge in [0.1, 0.15) is 0 Å². The molecule has 9 aliphatic carbocycles. The van der Waals surface area contributed by atoms with Crippen LogP contribution >= 0.6 is 17.2 Å². The normalized spacial score (nSPS) is 49.1. The summed E-state index contributed by atoms with van der Waals surface area (Å²) in [5.41, 5.74) is 6.64. The Balaban J connectivity index is 1.11. The van der Waals surface area contributed by atoms with Gasteiger partial charge in [-0.1, -0.05) is 52.6 Å². The second kappa shape index (κ2) is 12.1. The topological polar surface area (TPSA) is 24.1 Å². The van der Waals surface area contributed by atoms with Crippen LogP contribution in [0, 0.1) is 47.3 Å². The van der Waals surface area contributed by atoms with Gasteiger partial charge in [-0.05, 0) is 184 Å². The molecule has 10 fully saturated rings. The van der Waals surface area contributed by atoms with Gasteiger partial charge in [-0.2, -0.15) is 0 Å². The van der Waals surface area contributed by atoms with Crippen molar-refractivity contribution in [3.8, 4) is 0 Å². The van der Waals surface area contributed by atoms with Crippen molar-refractivity contribution in [3.05, 3.63) is 23.3 Å². The smallest absolute Gasteiger partial charge is 0.0558 e. The van der Waals surface area contributed by atoms with E-state index in [0.29, 0.717) is 17.6 Å². The van der Waals surface area contributed by atoms with E-state index < -0.39 is 8.07 Å². The quantitative estimate of drug-likeness (QED) is 0.200. The maximum atomic E-state index is 4.16. The van der Waals surface area contributed by atoms with Crippen LogP contribution in [0.2, 0.25) is 25.2 Å². The molecule has 0 amide bonds. The molecular formula is C40H66N2P2Si. The lowest BCUT2D eigenvalue weighted by molar-refractivity contribution is 0.0131. The van der Waals surface area contributed by atoms with Crippen molar-refractivity contribution in [2.45, 2.75) is 156 Å². The number of hydrogen-bond acceptors (Lipinski definition) is 2. The highest BCUT2D eigenvalue weighted by Gasteiger charge is 2.58. The van der Waals surface area contributed by atoms with Gasteiger partial charge in [0.05, 0.1) is 8.07 Å². The van der Waals surface area contributed by atoms with Crippen LogP contribution in [0.1, 0.15) is 103 Å². The lowest BCUT2D eigenvalue weighted by Gasteiger charge is -2.62. The predicted molar refractivity (Wildman–Crippen MR) is 200 cm³/mol. The number of nitrogens with one attached hydrogen (secondary N) is 2. The highest BCUT2D eigenvalue weighted by molar-refractivity contribution is 7.59. The Labute approximate surface area is 281 Å². The molecule has 4 unspecified atom stereocenters. The summed E-state index contributed by atoms with van der Waals surface area (Å²) in [5.74, 6) is 8.77. The second-order valence-corrected chi connectivity index (χ2v) is 28.5. The van der Waals surface area contributed by atoms with E-state index >= 15 is 0 Å².